The van der Waals surface area contributed by atoms with Gasteiger partial charge in [-0.05, 0) is 11.5 Å². The molecule has 2 N–H and O–H groups in total. The number of ketones is 1. The first-order valence-corrected chi connectivity index (χ1v) is 7.95. The monoisotopic (exact) mass is 318 g/mol. The van der Waals surface area contributed by atoms with Gasteiger partial charge in [-0.3, -0.25) is 14.4 Å². The van der Waals surface area contributed by atoms with Gasteiger partial charge in [0.05, 0.1) is 13.0 Å². The molecule has 5 heteroatoms. The Morgan fingerprint density at radius 3 is 2.13 bits per heavy atom. The van der Waals surface area contributed by atoms with Crippen molar-refractivity contribution < 1.29 is 14.4 Å². The summed E-state index contributed by atoms with van der Waals surface area (Å²) in [5.74, 6) is -0.753. The molecule has 1 aromatic carbocycles. The Kier molecular flexibility index (Phi) is 7.45. The molecular weight excluding hydrogens is 292 g/mol. The summed E-state index contributed by atoms with van der Waals surface area (Å²) in [4.78, 5) is 35.9. The molecule has 1 rings (SSSR count). The van der Waals surface area contributed by atoms with Crippen LogP contribution in [0.2, 0.25) is 0 Å². The van der Waals surface area contributed by atoms with Gasteiger partial charge in [0, 0.05) is 5.92 Å². The van der Waals surface area contributed by atoms with Gasteiger partial charge in [-0.25, -0.2) is 0 Å². The van der Waals surface area contributed by atoms with Crippen molar-refractivity contribution in [1.29, 1.82) is 0 Å². The highest BCUT2D eigenvalue weighted by molar-refractivity contribution is 5.92. The molecule has 126 valence electrons. The fourth-order valence-corrected chi connectivity index (χ4v) is 2.03. The molecule has 0 bridgehead atoms. The van der Waals surface area contributed by atoms with Crippen molar-refractivity contribution in [3.05, 3.63) is 35.9 Å². The van der Waals surface area contributed by atoms with Crippen molar-refractivity contribution in [2.24, 2.45) is 11.8 Å². The van der Waals surface area contributed by atoms with E-state index < -0.39 is 6.04 Å². The predicted octanol–water partition coefficient (Wildman–Crippen LogP) is 1.71. The third kappa shape index (κ3) is 6.63. The lowest BCUT2D eigenvalue weighted by atomic mass is 10.0. The molecule has 0 unspecified atom stereocenters. The third-order valence-electron chi connectivity index (χ3n) is 3.55. The lowest BCUT2D eigenvalue weighted by molar-refractivity contribution is -0.131. The highest BCUT2D eigenvalue weighted by Crippen LogP contribution is 2.05. The van der Waals surface area contributed by atoms with Gasteiger partial charge in [0.15, 0.2) is 5.78 Å². The zero-order valence-corrected chi connectivity index (χ0v) is 14.3. The molecular formula is C18H26N2O3. The second-order valence-corrected chi connectivity index (χ2v) is 6.29. The van der Waals surface area contributed by atoms with Crippen LogP contribution in [0, 0.1) is 11.8 Å². The van der Waals surface area contributed by atoms with Gasteiger partial charge in [-0.2, -0.15) is 0 Å². The van der Waals surface area contributed by atoms with E-state index in [2.05, 4.69) is 10.6 Å². The highest BCUT2D eigenvalue weighted by Gasteiger charge is 2.24. The van der Waals surface area contributed by atoms with Crippen molar-refractivity contribution >= 4 is 17.6 Å². The lowest BCUT2D eigenvalue weighted by Crippen LogP contribution is -2.51. The van der Waals surface area contributed by atoms with Crippen LogP contribution >= 0.6 is 0 Å². The Hall–Kier alpha value is -2.17. The van der Waals surface area contributed by atoms with Gasteiger partial charge in [-0.15, -0.1) is 0 Å². The van der Waals surface area contributed by atoms with Crippen LogP contribution in [0.4, 0.5) is 0 Å². The Morgan fingerprint density at radius 1 is 1.00 bits per heavy atom. The minimum atomic E-state index is -0.647. The first kappa shape index (κ1) is 18.9. The summed E-state index contributed by atoms with van der Waals surface area (Å²) in [5, 5.41) is 5.37. The molecule has 0 aromatic heterocycles. The van der Waals surface area contributed by atoms with E-state index in [0.29, 0.717) is 0 Å². The van der Waals surface area contributed by atoms with Gasteiger partial charge in [0.1, 0.15) is 6.04 Å². The zero-order valence-electron chi connectivity index (χ0n) is 14.3. The number of benzene rings is 1. The Bertz CT molecular complexity index is 538. The first-order valence-electron chi connectivity index (χ1n) is 7.95. The summed E-state index contributed by atoms with van der Waals surface area (Å²) in [6.07, 6.45) is 0.224. The van der Waals surface area contributed by atoms with Gasteiger partial charge in [-0.1, -0.05) is 58.0 Å². The number of rotatable bonds is 8. The van der Waals surface area contributed by atoms with Crippen LogP contribution in [-0.2, 0) is 20.8 Å². The maximum Gasteiger partial charge on any atom is 0.243 e. The summed E-state index contributed by atoms with van der Waals surface area (Å²) < 4.78 is 0. The Morgan fingerprint density at radius 2 is 1.61 bits per heavy atom. The average Bonchev–Trinajstić information content (AvgIpc) is 2.50. The van der Waals surface area contributed by atoms with E-state index in [0.717, 1.165) is 5.56 Å². The zero-order chi connectivity index (χ0) is 17.4. The number of carbonyl (C=O) groups is 3. The van der Waals surface area contributed by atoms with Crippen LogP contribution in [0.25, 0.3) is 0 Å². The van der Waals surface area contributed by atoms with Crippen LogP contribution in [0.1, 0.15) is 33.3 Å². The molecule has 0 saturated heterocycles. The Balaban J connectivity index is 2.58. The van der Waals surface area contributed by atoms with Gasteiger partial charge >= 0.3 is 0 Å². The molecule has 1 atom stereocenters. The topological polar surface area (TPSA) is 75.3 Å². The van der Waals surface area contributed by atoms with Crippen LogP contribution in [0.3, 0.4) is 0 Å². The number of hydrogen-bond acceptors (Lipinski definition) is 3. The number of Topliss-reactive ketones (excluding diaryl/α,β-unsaturated/α-hetero) is 1. The van der Waals surface area contributed by atoms with Crippen LogP contribution < -0.4 is 10.6 Å². The smallest absolute Gasteiger partial charge is 0.243 e. The van der Waals surface area contributed by atoms with E-state index in [1.54, 1.807) is 13.8 Å². The van der Waals surface area contributed by atoms with Crippen LogP contribution in [0.15, 0.2) is 30.3 Å². The Labute approximate surface area is 137 Å². The minimum Gasteiger partial charge on any atom is -0.347 e. The minimum absolute atomic E-state index is 0.00568. The average molecular weight is 318 g/mol. The van der Waals surface area contributed by atoms with E-state index in [1.165, 1.54) is 0 Å². The quantitative estimate of drug-likeness (QED) is 0.766. The molecule has 0 aliphatic rings. The summed E-state index contributed by atoms with van der Waals surface area (Å²) >= 11 is 0. The third-order valence-corrected chi connectivity index (χ3v) is 3.55. The fraction of sp³-hybridized carbons (Fsp3) is 0.500. The number of amides is 2. The van der Waals surface area contributed by atoms with E-state index in [-0.39, 0.29) is 42.4 Å². The van der Waals surface area contributed by atoms with E-state index >= 15 is 0 Å². The molecule has 0 aliphatic carbocycles. The second kappa shape index (κ2) is 9.08. The highest BCUT2D eigenvalue weighted by atomic mass is 16.2. The van der Waals surface area contributed by atoms with Gasteiger partial charge < -0.3 is 10.6 Å². The summed E-state index contributed by atoms with van der Waals surface area (Å²) in [6.45, 7) is 7.29. The molecule has 0 heterocycles. The van der Waals surface area contributed by atoms with E-state index in [4.69, 9.17) is 0 Å². The largest absolute Gasteiger partial charge is 0.347 e. The molecule has 1 aromatic rings. The van der Waals surface area contributed by atoms with Crippen LogP contribution in [-0.4, -0.2) is 30.2 Å². The summed E-state index contributed by atoms with van der Waals surface area (Å²) in [6, 6.07) is 8.71. The van der Waals surface area contributed by atoms with Crippen molar-refractivity contribution in [1.82, 2.24) is 10.6 Å². The molecule has 5 nitrogen and oxygen atoms in total. The molecule has 0 aliphatic heterocycles. The van der Waals surface area contributed by atoms with E-state index in [9.17, 15) is 14.4 Å². The number of hydrogen-bond donors (Lipinski definition) is 2. The van der Waals surface area contributed by atoms with Crippen molar-refractivity contribution in [3.63, 3.8) is 0 Å². The maximum atomic E-state index is 12.2. The van der Waals surface area contributed by atoms with Crippen molar-refractivity contribution in [3.8, 4) is 0 Å². The molecule has 0 fully saturated rings. The van der Waals surface area contributed by atoms with E-state index in [1.807, 2.05) is 44.2 Å². The molecule has 0 radical (unpaired) electrons. The van der Waals surface area contributed by atoms with Crippen molar-refractivity contribution in [2.75, 3.05) is 6.54 Å². The normalized spacial score (nSPS) is 12.1. The summed E-state index contributed by atoms with van der Waals surface area (Å²) in [5.41, 5.74) is 0.892. The lowest BCUT2D eigenvalue weighted by Gasteiger charge is -2.22. The predicted molar refractivity (Wildman–Crippen MR) is 89.8 cm³/mol. The van der Waals surface area contributed by atoms with Crippen molar-refractivity contribution in [2.45, 2.75) is 40.2 Å². The SMILES string of the molecule is CC(C)C(=O)CNC(=O)[C@@H](NC(=O)Cc1ccccc1)C(C)C. The van der Waals surface area contributed by atoms with Gasteiger partial charge in [0.2, 0.25) is 11.8 Å². The summed E-state index contributed by atoms with van der Waals surface area (Å²) in [7, 11) is 0. The first-order chi connectivity index (χ1) is 10.8. The molecule has 23 heavy (non-hydrogen) atoms. The number of carbonyl (C=O) groups excluding carboxylic acids is 3. The maximum absolute atomic E-state index is 12.2. The molecule has 0 spiro atoms. The second-order valence-electron chi connectivity index (χ2n) is 6.29. The fourth-order valence-electron chi connectivity index (χ4n) is 2.03. The number of nitrogens with one attached hydrogen (secondary N) is 2. The van der Waals surface area contributed by atoms with Gasteiger partial charge in [0.25, 0.3) is 0 Å². The standard InChI is InChI=1S/C18H26N2O3/c1-12(2)15(21)11-19-18(23)17(13(3)4)20-16(22)10-14-8-6-5-7-9-14/h5-9,12-13,17H,10-11H2,1-4H3,(H,19,23)(H,20,22)/t17-/m0/s1. The molecule has 2 amide bonds. The molecule has 0 saturated carbocycles. The van der Waals surface area contributed by atoms with Crippen LogP contribution in [0.5, 0.6) is 0 Å².